The molecule has 0 atom stereocenters. The Hall–Kier alpha value is -1.55. The van der Waals surface area contributed by atoms with Crippen LogP contribution in [0.4, 0.5) is 5.69 Å². The zero-order valence-electron chi connectivity index (χ0n) is 10.6. The molecule has 1 aliphatic heterocycles. The maximum atomic E-state index is 12.2. The highest BCUT2D eigenvalue weighted by molar-refractivity contribution is 6.01. The number of hydrogen-bond acceptors (Lipinski definition) is 3. The minimum absolute atomic E-state index is 0.0131. The number of ether oxygens (including phenoxy) is 1. The maximum absolute atomic E-state index is 12.2. The lowest BCUT2D eigenvalue weighted by Crippen LogP contribution is -2.43. The summed E-state index contributed by atoms with van der Waals surface area (Å²) in [7, 11) is 1.79. The van der Waals surface area contributed by atoms with Crippen LogP contribution < -0.4 is 15.4 Å². The second-order valence-corrected chi connectivity index (χ2v) is 5.26. The van der Waals surface area contributed by atoms with Gasteiger partial charge >= 0.3 is 0 Å². The molecule has 0 unspecified atom stereocenters. The average Bonchev–Trinajstić information content (AvgIpc) is 3.16. The lowest BCUT2D eigenvalue weighted by Gasteiger charge is -2.24. The molecule has 1 heterocycles. The Labute approximate surface area is 107 Å². The fraction of sp³-hybridized carbons (Fsp3) is 0.500. The molecule has 0 bridgehead atoms. The zero-order chi connectivity index (χ0) is 12.8. The molecule has 1 saturated carbocycles. The first-order valence-electron chi connectivity index (χ1n) is 6.43. The normalized spacial score (nSPS) is 19.7. The van der Waals surface area contributed by atoms with Gasteiger partial charge in [0.05, 0.1) is 12.1 Å². The summed E-state index contributed by atoms with van der Waals surface area (Å²) in [5.74, 6) is 0.957. The van der Waals surface area contributed by atoms with Crippen molar-refractivity contribution in [3.63, 3.8) is 0 Å². The Balaban J connectivity index is 1.85. The predicted molar refractivity (Wildman–Crippen MR) is 69.8 cm³/mol. The predicted octanol–water partition coefficient (Wildman–Crippen LogP) is 1.47. The van der Waals surface area contributed by atoms with Crippen molar-refractivity contribution in [2.24, 2.45) is 5.73 Å². The summed E-state index contributed by atoms with van der Waals surface area (Å²) in [5, 5.41) is 0. The Morgan fingerprint density at radius 3 is 2.94 bits per heavy atom. The molecule has 0 saturated heterocycles. The van der Waals surface area contributed by atoms with E-state index in [2.05, 4.69) is 0 Å². The first-order valence-corrected chi connectivity index (χ1v) is 6.43. The van der Waals surface area contributed by atoms with Gasteiger partial charge in [-0.1, -0.05) is 0 Å². The average molecular weight is 246 g/mol. The van der Waals surface area contributed by atoms with Crippen LogP contribution in [0.1, 0.15) is 24.8 Å². The van der Waals surface area contributed by atoms with Crippen LogP contribution >= 0.6 is 0 Å². The number of rotatable bonds is 2. The number of nitrogens with two attached hydrogens (primary N) is 1. The molecule has 3 rings (SSSR count). The topological polar surface area (TPSA) is 55.6 Å². The van der Waals surface area contributed by atoms with Crippen LogP contribution in [-0.2, 0) is 11.2 Å². The van der Waals surface area contributed by atoms with Gasteiger partial charge in [0, 0.05) is 12.7 Å². The number of nitrogens with zero attached hydrogens (tertiary/aromatic N) is 1. The van der Waals surface area contributed by atoms with Gasteiger partial charge in [0.2, 0.25) is 5.91 Å². The van der Waals surface area contributed by atoms with Gasteiger partial charge in [-0.25, -0.2) is 0 Å². The van der Waals surface area contributed by atoms with E-state index in [0.29, 0.717) is 0 Å². The van der Waals surface area contributed by atoms with Crippen molar-refractivity contribution in [3.8, 4) is 5.75 Å². The van der Waals surface area contributed by atoms with E-state index >= 15 is 0 Å². The van der Waals surface area contributed by atoms with Crippen molar-refractivity contribution in [1.29, 1.82) is 0 Å². The van der Waals surface area contributed by atoms with E-state index in [9.17, 15) is 4.79 Å². The molecular weight excluding hydrogens is 228 g/mol. The Bertz CT molecular complexity index is 495. The van der Waals surface area contributed by atoms with Gasteiger partial charge < -0.3 is 15.4 Å². The van der Waals surface area contributed by atoms with E-state index < -0.39 is 5.54 Å². The molecule has 2 aliphatic rings. The third-order valence-electron chi connectivity index (χ3n) is 3.80. The van der Waals surface area contributed by atoms with E-state index in [1.54, 1.807) is 11.9 Å². The molecule has 1 amide bonds. The van der Waals surface area contributed by atoms with E-state index in [-0.39, 0.29) is 5.91 Å². The number of aryl methyl sites for hydroxylation is 1. The van der Waals surface area contributed by atoms with Crippen molar-refractivity contribution >= 4 is 11.6 Å². The lowest BCUT2D eigenvalue weighted by molar-refractivity contribution is -0.120. The minimum atomic E-state index is -0.610. The highest BCUT2D eigenvalue weighted by Gasteiger charge is 2.47. The molecule has 4 nitrogen and oxygen atoms in total. The van der Waals surface area contributed by atoms with Gasteiger partial charge in [0.15, 0.2) is 0 Å². The Kier molecular flexibility index (Phi) is 2.55. The molecule has 1 aliphatic carbocycles. The largest absolute Gasteiger partial charge is 0.493 e. The van der Waals surface area contributed by atoms with Gasteiger partial charge in [-0.05, 0) is 49.4 Å². The summed E-state index contributed by atoms with van der Waals surface area (Å²) in [6.07, 6.45) is 3.64. The summed E-state index contributed by atoms with van der Waals surface area (Å²) in [6.45, 7) is 0.785. The number of benzene rings is 1. The molecule has 96 valence electrons. The second-order valence-electron chi connectivity index (χ2n) is 5.26. The number of carbonyl (C=O) groups is 1. The first-order chi connectivity index (χ1) is 8.60. The zero-order valence-corrected chi connectivity index (χ0v) is 10.6. The van der Waals surface area contributed by atoms with Crippen LogP contribution in [0.15, 0.2) is 18.2 Å². The van der Waals surface area contributed by atoms with Crippen LogP contribution in [0.2, 0.25) is 0 Å². The molecule has 1 fully saturated rings. The monoisotopic (exact) mass is 246 g/mol. The maximum Gasteiger partial charge on any atom is 0.246 e. The van der Waals surface area contributed by atoms with E-state index in [0.717, 1.165) is 43.7 Å². The van der Waals surface area contributed by atoms with E-state index in [1.807, 2.05) is 18.2 Å². The summed E-state index contributed by atoms with van der Waals surface area (Å²) >= 11 is 0. The molecule has 0 aromatic heterocycles. The molecule has 1 aromatic carbocycles. The minimum Gasteiger partial charge on any atom is -0.493 e. The van der Waals surface area contributed by atoms with Crippen molar-refractivity contribution in [2.75, 3.05) is 18.6 Å². The van der Waals surface area contributed by atoms with Gasteiger partial charge in [-0.2, -0.15) is 0 Å². The van der Waals surface area contributed by atoms with Crippen molar-refractivity contribution < 1.29 is 9.53 Å². The van der Waals surface area contributed by atoms with Crippen LogP contribution in [0.25, 0.3) is 0 Å². The molecular formula is C14H18N2O2. The number of amides is 1. The fourth-order valence-corrected chi connectivity index (χ4v) is 2.36. The van der Waals surface area contributed by atoms with Gasteiger partial charge in [-0.15, -0.1) is 0 Å². The van der Waals surface area contributed by atoms with Crippen LogP contribution in [0.3, 0.4) is 0 Å². The standard InChI is InChI=1S/C14H18N2O2/c1-16(13(17)14(15)6-7-14)11-4-5-12-10(9-11)3-2-8-18-12/h4-5,9H,2-3,6-8,15H2,1H3. The Morgan fingerprint density at radius 2 is 2.22 bits per heavy atom. The summed E-state index contributed by atoms with van der Waals surface area (Å²) in [5.41, 5.74) is 7.42. The van der Waals surface area contributed by atoms with Crippen LogP contribution in [0.5, 0.6) is 5.75 Å². The molecule has 2 N–H and O–H groups in total. The molecule has 4 heteroatoms. The van der Waals surface area contributed by atoms with Crippen LogP contribution in [-0.4, -0.2) is 25.1 Å². The SMILES string of the molecule is CN(C(=O)C1(N)CC1)c1ccc2c(c1)CCCO2. The number of anilines is 1. The summed E-state index contributed by atoms with van der Waals surface area (Å²) in [4.78, 5) is 13.8. The van der Waals surface area contributed by atoms with Crippen LogP contribution in [0, 0.1) is 0 Å². The Morgan fingerprint density at radius 1 is 1.44 bits per heavy atom. The van der Waals surface area contributed by atoms with Gasteiger partial charge in [0.1, 0.15) is 5.75 Å². The van der Waals surface area contributed by atoms with Crippen molar-refractivity contribution in [2.45, 2.75) is 31.2 Å². The third kappa shape index (κ3) is 1.86. The second kappa shape index (κ2) is 3.99. The van der Waals surface area contributed by atoms with Crippen molar-refractivity contribution in [3.05, 3.63) is 23.8 Å². The highest BCUT2D eigenvalue weighted by Crippen LogP contribution is 2.36. The van der Waals surface area contributed by atoms with E-state index in [4.69, 9.17) is 10.5 Å². The molecule has 0 spiro atoms. The van der Waals surface area contributed by atoms with E-state index in [1.165, 1.54) is 5.56 Å². The smallest absolute Gasteiger partial charge is 0.246 e. The number of likely N-dealkylation sites (N-methyl/N-ethyl adjacent to an activating group) is 1. The number of carbonyl (C=O) groups excluding carboxylic acids is 1. The highest BCUT2D eigenvalue weighted by atomic mass is 16.5. The number of fused-ring (bicyclic) bond motifs is 1. The fourth-order valence-electron chi connectivity index (χ4n) is 2.36. The van der Waals surface area contributed by atoms with Gasteiger partial charge in [0.25, 0.3) is 0 Å². The quantitative estimate of drug-likeness (QED) is 0.859. The first kappa shape index (κ1) is 11.5. The van der Waals surface area contributed by atoms with Gasteiger partial charge in [-0.3, -0.25) is 4.79 Å². The number of hydrogen-bond donors (Lipinski definition) is 1. The molecule has 0 radical (unpaired) electrons. The molecule has 18 heavy (non-hydrogen) atoms. The molecule has 1 aromatic rings. The lowest BCUT2D eigenvalue weighted by atomic mass is 10.1. The third-order valence-corrected chi connectivity index (χ3v) is 3.80. The summed E-state index contributed by atoms with van der Waals surface area (Å²) in [6, 6.07) is 5.91. The van der Waals surface area contributed by atoms with Crippen molar-refractivity contribution in [1.82, 2.24) is 0 Å². The summed E-state index contributed by atoms with van der Waals surface area (Å²) < 4.78 is 5.57.